The lowest BCUT2D eigenvalue weighted by Crippen LogP contribution is -2.42. The van der Waals surface area contributed by atoms with Crippen LogP contribution in [0.4, 0.5) is 5.82 Å². The van der Waals surface area contributed by atoms with Crippen LogP contribution in [0.2, 0.25) is 5.02 Å². The van der Waals surface area contributed by atoms with E-state index in [-0.39, 0.29) is 29.7 Å². The van der Waals surface area contributed by atoms with Crippen LogP contribution >= 0.6 is 11.6 Å². The SMILES string of the molecule is COc1cccc(-c2c(C#N)c(N)nc3c2CN(C(=O)C2CCC2)CC3)c1Cl.O=CO. The Balaban J connectivity index is 0.000000858. The molecule has 9 heteroatoms. The number of nitrogens with zero attached hydrogens (tertiary/aromatic N) is 3. The van der Waals surface area contributed by atoms with Crippen LogP contribution in [0, 0.1) is 17.2 Å². The van der Waals surface area contributed by atoms with E-state index >= 15 is 0 Å². The lowest BCUT2D eigenvalue weighted by Gasteiger charge is -2.35. The van der Waals surface area contributed by atoms with E-state index in [0.717, 1.165) is 30.5 Å². The molecular formula is C22H23ClN4O4. The summed E-state index contributed by atoms with van der Waals surface area (Å²) < 4.78 is 5.34. The molecular weight excluding hydrogens is 420 g/mol. The van der Waals surface area contributed by atoms with Gasteiger partial charge in [0.1, 0.15) is 23.2 Å². The number of fused-ring (bicyclic) bond motifs is 1. The molecule has 1 aromatic carbocycles. The number of halogens is 1. The number of anilines is 1. The van der Waals surface area contributed by atoms with Crippen LogP contribution in [0.25, 0.3) is 11.1 Å². The van der Waals surface area contributed by atoms with Crippen molar-refractivity contribution >= 4 is 29.8 Å². The molecule has 0 saturated heterocycles. The van der Waals surface area contributed by atoms with Gasteiger partial charge in [-0.25, -0.2) is 4.98 Å². The second-order valence-electron chi connectivity index (χ2n) is 7.35. The highest BCUT2D eigenvalue weighted by atomic mass is 35.5. The molecule has 8 nitrogen and oxygen atoms in total. The van der Waals surface area contributed by atoms with Gasteiger partial charge in [0.05, 0.1) is 17.8 Å². The minimum absolute atomic E-state index is 0.127. The van der Waals surface area contributed by atoms with Gasteiger partial charge in [-0.1, -0.05) is 30.2 Å². The molecule has 1 aliphatic heterocycles. The number of aromatic nitrogens is 1. The molecule has 1 amide bonds. The van der Waals surface area contributed by atoms with Crippen molar-refractivity contribution in [1.29, 1.82) is 5.26 Å². The van der Waals surface area contributed by atoms with Crippen LogP contribution < -0.4 is 10.5 Å². The number of carbonyl (C=O) groups is 2. The fraction of sp³-hybridized carbons (Fsp3) is 0.364. The molecule has 3 N–H and O–H groups in total. The Labute approximate surface area is 185 Å². The Kier molecular flexibility index (Phi) is 6.98. The van der Waals surface area contributed by atoms with Crippen LogP contribution in [-0.4, -0.2) is 41.0 Å². The van der Waals surface area contributed by atoms with Crippen molar-refractivity contribution in [3.05, 3.63) is 40.0 Å². The molecule has 2 aromatic rings. The number of pyridine rings is 1. The zero-order valence-electron chi connectivity index (χ0n) is 17.1. The molecule has 31 heavy (non-hydrogen) atoms. The largest absolute Gasteiger partial charge is 0.495 e. The molecule has 1 aliphatic carbocycles. The zero-order valence-corrected chi connectivity index (χ0v) is 17.9. The smallest absolute Gasteiger partial charge is 0.290 e. The summed E-state index contributed by atoms with van der Waals surface area (Å²) >= 11 is 6.57. The minimum atomic E-state index is -0.250. The number of nitrogen functional groups attached to an aromatic ring is 1. The Morgan fingerprint density at radius 2 is 2.16 bits per heavy atom. The Bertz CT molecular complexity index is 1050. The Morgan fingerprint density at radius 1 is 1.45 bits per heavy atom. The number of methoxy groups -OCH3 is 1. The number of nitriles is 1. The molecule has 0 spiro atoms. The minimum Gasteiger partial charge on any atom is -0.495 e. The van der Waals surface area contributed by atoms with Gasteiger partial charge in [0, 0.05) is 42.1 Å². The molecule has 2 aliphatic rings. The van der Waals surface area contributed by atoms with Gasteiger partial charge < -0.3 is 20.5 Å². The first-order valence-electron chi connectivity index (χ1n) is 9.87. The first kappa shape index (κ1) is 22.4. The number of carboxylic acid groups (broad SMARTS) is 1. The van der Waals surface area contributed by atoms with Crippen LogP contribution in [0.1, 0.15) is 36.1 Å². The number of ether oxygens (including phenoxy) is 1. The number of benzene rings is 1. The summed E-state index contributed by atoms with van der Waals surface area (Å²) in [7, 11) is 1.55. The number of amides is 1. The number of hydrogen-bond acceptors (Lipinski definition) is 6. The third-order valence-electron chi connectivity index (χ3n) is 5.71. The van der Waals surface area contributed by atoms with E-state index in [1.54, 1.807) is 13.2 Å². The Hall–Kier alpha value is -3.31. The first-order chi connectivity index (χ1) is 15.0. The van der Waals surface area contributed by atoms with Gasteiger partial charge in [0.2, 0.25) is 5.91 Å². The van der Waals surface area contributed by atoms with E-state index < -0.39 is 0 Å². The highest BCUT2D eigenvalue weighted by Gasteiger charge is 2.33. The van der Waals surface area contributed by atoms with Gasteiger partial charge in [-0.05, 0) is 18.9 Å². The van der Waals surface area contributed by atoms with E-state index in [9.17, 15) is 10.1 Å². The lowest BCUT2D eigenvalue weighted by atomic mass is 9.83. The van der Waals surface area contributed by atoms with Gasteiger partial charge in [-0.3, -0.25) is 9.59 Å². The number of hydrogen-bond donors (Lipinski definition) is 2. The molecule has 1 fully saturated rings. The summed E-state index contributed by atoms with van der Waals surface area (Å²) in [6.07, 6.45) is 3.64. The molecule has 4 rings (SSSR count). The predicted molar refractivity (Wildman–Crippen MR) is 116 cm³/mol. The third-order valence-corrected chi connectivity index (χ3v) is 6.10. The Morgan fingerprint density at radius 3 is 2.74 bits per heavy atom. The predicted octanol–water partition coefficient (Wildman–Crippen LogP) is 3.25. The fourth-order valence-corrected chi connectivity index (χ4v) is 4.25. The second-order valence-corrected chi connectivity index (χ2v) is 7.73. The molecule has 1 saturated carbocycles. The standard InChI is InChI=1S/C21H21ClN4O2.CH2O2/c1-28-17-7-3-6-13(19(17)22)18-14(10-23)20(24)25-16-8-9-26(11-15(16)18)21(27)12-4-2-5-12;2-1-3/h3,6-7,12H,2,4-5,8-9,11H2,1H3,(H2,24,25);1H,(H,2,3). The first-order valence-corrected chi connectivity index (χ1v) is 10.2. The van der Waals surface area contributed by atoms with Crippen molar-refractivity contribution < 1.29 is 19.4 Å². The van der Waals surface area contributed by atoms with Crippen molar-refractivity contribution in [2.75, 3.05) is 19.4 Å². The molecule has 0 atom stereocenters. The third kappa shape index (κ3) is 4.28. The van der Waals surface area contributed by atoms with E-state index in [0.29, 0.717) is 41.4 Å². The van der Waals surface area contributed by atoms with Crippen molar-refractivity contribution in [1.82, 2.24) is 9.88 Å². The summed E-state index contributed by atoms with van der Waals surface area (Å²) in [5.41, 5.74) is 9.37. The molecule has 1 aromatic heterocycles. The summed E-state index contributed by atoms with van der Waals surface area (Å²) in [5, 5.41) is 17.1. The van der Waals surface area contributed by atoms with Gasteiger partial charge in [-0.15, -0.1) is 0 Å². The van der Waals surface area contributed by atoms with Gasteiger partial charge in [0.25, 0.3) is 6.47 Å². The molecule has 2 heterocycles. The molecule has 0 radical (unpaired) electrons. The highest BCUT2D eigenvalue weighted by molar-refractivity contribution is 6.35. The number of carbonyl (C=O) groups excluding carboxylic acids is 1. The van der Waals surface area contributed by atoms with Gasteiger partial charge >= 0.3 is 0 Å². The molecule has 162 valence electrons. The van der Waals surface area contributed by atoms with E-state index in [1.807, 2.05) is 17.0 Å². The highest BCUT2D eigenvalue weighted by Crippen LogP contribution is 2.42. The van der Waals surface area contributed by atoms with Crippen LogP contribution in [0.15, 0.2) is 18.2 Å². The van der Waals surface area contributed by atoms with Crippen LogP contribution in [0.5, 0.6) is 5.75 Å². The van der Waals surface area contributed by atoms with Crippen molar-refractivity contribution in [3.8, 4) is 22.9 Å². The van der Waals surface area contributed by atoms with Gasteiger partial charge in [0.15, 0.2) is 0 Å². The molecule has 0 bridgehead atoms. The van der Waals surface area contributed by atoms with Crippen molar-refractivity contribution in [3.63, 3.8) is 0 Å². The number of rotatable bonds is 3. The van der Waals surface area contributed by atoms with E-state index in [4.69, 9.17) is 32.0 Å². The van der Waals surface area contributed by atoms with Crippen LogP contribution in [0.3, 0.4) is 0 Å². The zero-order chi connectivity index (χ0) is 22.5. The quantitative estimate of drug-likeness (QED) is 0.697. The average molecular weight is 443 g/mol. The van der Waals surface area contributed by atoms with Crippen molar-refractivity contribution in [2.45, 2.75) is 32.2 Å². The lowest BCUT2D eigenvalue weighted by molar-refractivity contribution is -0.139. The topological polar surface area (TPSA) is 130 Å². The summed E-state index contributed by atoms with van der Waals surface area (Å²) in [6, 6.07) is 7.61. The maximum absolute atomic E-state index is 12.8. The molecule has 0 unspecified atom stereocenters. The maximum atomic E-state index is 12.8. The monoisotopic (exact) mass is 442 g/mol. The normalized spacial score (nSPS) is 14.9. The average Bonchev–Trinajstić information content (AvgIpc) is 2.72. The van der Waals surface area contributed by atoms with Crippen LogP contribution in [-0.2, 0) is 22.6 Å². The summed E-state index contributed by atoms with van der Waals surface area (Å²) in [6.45, 7) is 0.779. The van der Waals surface area contributed by atoms with E-state index in [2.05, 4.69) is 11.1 Å². The van der Waals surface area contributed by atoms with Crippen molar-refractivity contribution in [2.24, 2.45) is 5.92 Å². The van der Waals surface area contributed by atoms with Gasteiger partial charge in [-0.2, -0.15) is 5.26 Å². The summed E-state index contributed by atoms with van der Waals surface area (Å²) in [4.78, 5) is 27.5. The summed E-state index contributed by atoms with van der Waals surface area (Å²) in [5.74, 6) is 1.02. The maximum Gasteiger partial charge on any atom is 0.290 e. The van der Waals surface area contributed by atoms with E-state index in [1.165, 1.54) is 0 Å². The fourth-order valence-electron chi connectivity index (χ4n) is 3.95. The number of nitrogens with two attached hydrogens (primary N) is 1. The second kappa shape index (κ2) is 9.67.